The number of carbonyl (C=O) groups excluding carboxylic acids is 3. The Kier molecular flexibility index (Phi) is 45.8. The van der Waals surface area contributed by atoms with E-state index < -0.39 is 21.2 Å². The molecule has 3 N–H and O–H groups in total. The van der Waals surface area contributed by atoms with E-state index in [4.69, 9.17) is 84.6 Å². The molecule has 15 atom stereocenters. The zero-order valence-electron chi connectivity index (χ0n) is 81.4. The van der Waals surface area contributed by atoms with E-state index in [1.165, 1.54) is 78.8 Å². The number of carbonyl (C=O) groups is 3. The molecule has 1 aromatic carbocycles. The second kappa shape index (κ2) is 53.6. The van der Waals surface area contributed by atoms with Gasteiger partial charge in [0.1, 0.15) is 33.8 Å². The number of piperidine rings is 4. The fourth-order valence-electron chi connectivity index (χ4n) is 18.7. The Balaban J connectivity index is 0.000000177. The van der Waals surface area contributed by atoms with E-state index in [2.05, 4.69) is 146 Å². The van der Waals surface area contributed by atoms with Crippen molar-refractivity contribution >= 4 is 230 Å². The molecule has 0 radical (unpaired) electrons. The molecule has 4 aliphatic carbocycles. The summed E-state index contributed by atoms with van der Waals surface area (Å²) in [6.07, 6.45) is 30.6. The summed E-state index contributed by atoms with van der Waals surface area (Å²) in [4.78, 5) is 71.0. The van der Waals surface area contributed by atoms with Crippen molar-refractivity contribution in [3.8, 4) is 0 Å². The Morgan fingerprint density at radius 1 is 0.500 bits per heavy atom. The average Bonchev–Trinajstić information content (AvgIpc) is 1.61. The van der Waals surface area contributed by atoms with E-state index in [-0.39, 0.29) is 90.9 Å². The molecule has 0 spiro atoms. The van der Waals surface area contributed by atoms with Gasteiger partial charge in [-0.25, -0.2) is 42.5 Å². The quantitative estimate of drug-likeness (QED) is 0.0460. The molecule has 4 saturated heterocycles. The first-order valence-electron chi connectivity index (χ1n) is 46.7. The van der Waals surface area contributed by atoms with Gasteiger partial charge in [-0.15, -0.1) is 94.6 Å². The van der Waals surface area contributed by atoms with Gasteiger partial charge in [0.15, 0.2) is 22.6 Å². The smallest absolute Gasteiger partial charge is 0.410 e. The zero-order chi connectivity index (χ0) is 98.2. The van der Waals surface area contributed by atoms with E-state index in [0.717, 1.165) is 235 Å². The second-order valence-corrected chi connectivity index (χ2v) is 96.7. The van der Waals surface area contributed by atoms with E-state index in [1.807, 2.05) is 113 Å². The zero-order valence-corrected chi connectivity index (χ0v) is 100. The molecule has 17 rings (SSSR count). The number of ether oxygens (including phenoxy) is 2. The van der Waals surface area contributed by atoms with E-state index in [9.17, 15) is 22.8 Å². The van der Waals surface area contributed by atoms with Crippen LogP contribution in [-0.2, 0) is 70.9 Å². The number of sulfonamides is 1. The first kappa shape index (κ1) is 116. The predicted octanol–water partition coefficient (Wildman–Crippen LogP) is 25.3. The highest BCUT2D eigenvalue weighted by Gasteiger charge is 2.40. The monoisotopic (exact) mass is 2230 g/mol. The molecule has 4 fully saturated rings. The maximum Gasteiger partial charge on any atom is 0.410 e. The molecule has 0 saturated carbocycles. The van der Waals surface area contributed by atoms with Crippen LogP contribution >= 0.6 is 156 Å². The number of aryl methyl sites for hydroxylation is 5. The molecule has 15 unspecified atom stereocenters. The third-order valence-electron chi connectivity index (χ3n) is 24.2. The lowest BCUT2D eigenvalue weighted by atomic mass is 9.96. The number of anilines is 4. The lowest BCUT2D eigenvalue weighted by molar-refractivity contribution is 0.00800. The highest BCUT2D eigenvalue weighted by atomic mass is 35.5. The molecule has 9 aromatic rings. The number of nitrogens with zero attached hydrogens (tertiary/aromatic N) is 18. The maximum atomic E-state index is 13.9. The minimum absolute atomic E-state index is 0. The predicted molar refractivity (Wildman–Crippen MR) is 613 cm³/mol. The summed E-state index contributed by atoms with van der Waals surface area (Å²) >= 11 is 16.2. The second-order valence-electron chi connectivity index (χ2n) is 37.8. The van der Waals surface area contributed by atoms with Crippen LogP contribution in [0.1, 0.15) is 285 Å². The van der Waals surface area contributed by atoms with Crippen LogP contribution in [0.5, 0.6) is 0 Å². The molecule has 4 aliphatic heterocycles. The van der Waals surface area contributed by atoms with Gasteiger partial charge in [0, 0.05) is 131 Å². The molecular weight excluding hydrogens is 2080 g/mol. The van der Waals surface area contributed by atoms with Crippen LogP contribution < -0.4 is 30.1 Å². The van der Waals surface area contributed by atoms with Gasteiger partial charge >= 0.3 is 12.2 Å². The van der Waals surface area contributed by atoms with Gasteiger partial charge in [-0.1, -0.05) is 45.0 Å². The van der Waals surface area contributed by atoms with Gasteiger partial charge < -0.3 is 39.7 Å². The van der Waals surface area contributed by atoms with Crippen LogP contribution in [-0.4, -0.2) is 205 Å². The van der Waals surface area contributed by atoms with Crippen molar-refractivity contribution in [3.63, 3.8) is 0 Å². The van der Waals surface area contributed by atoms with Gasteiger partial charge in [0.05, 0.1) is 69.8 Å². The van der Waals surface area contributed by atoms with Crippen LogP contribution in [0.2, 0.25) is 5.15 Å². The molecule has 12 heterocycles. The Labute approximate surface area is 850 Å². The molecular formula is C89H149Cl3N21O7P15S. The number of aromatic nitrogens is 12. The third kappa shape index (κ3) is 30.4. The number of hydrogen-bond acceptors (Lipinski definition) is 20. The SMILES string of the molecule is C.CC(C)(C)OC(=O)N1CCCCC1c1cc2nc3c(c(Cl)n2n1)CCCC3.CN(C)c1c2c(nc3cc(C4CCCCN4)nn13)CCCC2.CN(C)c1c2c(nc3cc(C4CCCCN4C(=O)OC(C)(C)C)nn13)CCCC2.CNC.Cc1ccc(NS(C)(=O)=O)c(C(=O)N2CCCCC2c2cc3nc4c(c(N(C)C)n3n2)CCCC4)c1.ClCCl.PPP(P)P(P(P)P)P(P(P)P)P(P)P. The molecule has 8 aromatic heterocycles. The van der Waals surface area contributed by atoms with Gasteiger partial charge in [-0.05, 0) is 297 Å². The molecule has 0 bridgehead atoms. The van der Waals surface area contributed by atoms with Crippen LogP contribution in [0, 0.1) is 6.92 Å². The molecule has 28 nitrogen and oxygen atoms in total. The Morgan fingerprint density at radius 2 is 0.838 bits per heavy atom. The third-order valence-corrected chi connectivity index (χ3v) is 114. The summed E-state index contributed by atoms with van der Waals surface area (Å²) in [7, 11) is 38.3. The average molecular weight is 2230 g/mol. The Hall–Kier alpha value is -1.90. The Morgan fingerprint density at radius 3 is 1.20 bits per heavy atom. The lowest BCUT2D eigenvalue weighted by Crippen LogP contribution is -2.42. The Bertz CT molecular complexity index is 5620. The molecule has 754 valence electrons. The maximum absolute atomic E-state index is 13.9. The van der Waals surface area contributed by atoms with Crippen molar-refractivity contribution in [1.29, 1.82) is 0 Å². The summed E-state index contributed by atoms with van der Waals surface area (Å²) in [6, 6.07) is 13.5. The summed E-state index contributed by atoms with van der Waals surface area (Å²) in [5.74, 6) is 3.22. The summed E-state index contributed by atoms with van der Waals surface area (Å²) < 4.78 is 45.4. The normalized spacial score (nSPS) is 18.9. The number of likely N-dealkylation sites (tertiary alicyclic amines) is 3. The number of amides is 3. The van der Waals surface area contributed by atoms with Crippen LogP contribution in [0.15, 0.2) is 42.5 Å². The van der Waals surface area contributed by atoms with Crippen molar-refractivity contribution < 1.29 is 32.3 Å². The van der Waals surface area contributed by atoms with Gasteiger partial charge in [-0.3, -0.25) is 19.3 Å². The first-order valence-corrected chi connectivity index (χ1v) is 76.6. The van der Waals surface area contributed by atoms with Crippen molar-refractivity contribution in [2.75, 3.05) is 114 Å². The van der Waals surface area contributed by atoms with Crippen molar-refractivity contribution in [2.24, 2.45) is 0 Å². The number of nitrogens with one attached hydrogen (secondary N) is 3. The summed E-state index contributed by atoms with van der Waals surface area (Å²) in [5, 5.41) is 26.8. The number of fused-ring (bicyclic) bond motifs is 8. The molecule has 47 heteroatoms. The summed E-state index contributed by atoms with van der Waals surface area (Å²) in [6.45, 7) is 17.3. The van der Waals surface area contributed by atoms with Gasteiger partial charge in [0.2, 0.25) is 10.0 Å². The van der Waals surface area contributed by atoms with E-state index in [1.54, 1.807) is 22.7 Å². The van der Waals surface area contributed by atoms with Crippen molar-refractivity contribution in [1.82, 2.24) is 83.7 Å². The summed E-state index contributed by atoms with van der Waals surface area (Å²) in [5.41, 5.74) is 17.6. The number of halogens is 3. The fraction of sp³-hybridized carbons (Fsp3) is 0.629. The number of rotatable bonds is 16. The fourth-order valence-corrected chi connectivity index (χ4v) is 176. The van der Waals surface area contributed by atoms with Gasteiger partial charge in [-0.2, -0.15) is 33.9 Å². The number of alkyl halides is 2. The number of hydrogen-bond donors (Lipinski definition) is 3. The van der Waals surface area contributed by atoms with Crippen molar-refractivity contribution in [3.05, 3.63) is 127 Å². The lowest BCUT2D eigenvalue weighted by Gasteiger charge is -2.38. The molecule has 136 heavy (non-hydrogen) atoms. The highest BCUT2D eigenvalue weighted by Crippen LogP contribution is 3.22. The molecule has 8 aliphatic rings. The minimum Gasteiger partial charge on any atom is -0.444 e. The largest absolute Gasteiger partial charge is 0.444 e. The van der Waals surface area contributed by atoms with Crippen LogP contribution in [0.4, 0.5) is 32.7 Å². The van der Waals surface area contributed by atoms with E-state index in [0.29, 0.717) is 42.1 Å². The topological polar surface area (TPSA) is 280 Å². The molecule has 3 amide bonds. The van der Waals surface area contributed by atoms with Crippen LogP contribution in [0.3, 0.4) is 0 Å². The van der Waals surface area contributed by atoms with E-state index >= 15 is 0 Å². The minimum atomic E-state index is -3.53. The standard InChI is InChI=1S/C26H34N6O3S.C22H33N5O2.C20H27ClN4O2.C17H25N5.C2H7N.CH2Cl2.CH4.H17P15/c1-17-12-13-21(29-36(4,34)35)19(15-17)26(33)31-14-8-7-11-23(31)22-16-24-27-20-10-6-5-9-18(20)25(30(2)3)32(24)28-22;1-22(2,3)29-21(28)26-13-9-8-12-18(26)17-14-19-23-16-11-7-6-10-15(16)20(25(4)5)27(19)24-17;1-20(2,3)27-19(26)24-11-7-6-10-16(24)15-12-17-22-14-9-5-4-8-13(14)18(21)25(17)23-15;1-21(2)17-12-7-3-4-8-13(12)19-16-11-15(20-22(16)17)14-9-5-6-10-18-14;1-3-2;2-1-3;;1-9-13(8)15(12(6)7)14(10(2)3)11(4)5/h12-13,15-16,23,29H,5-11,14H2,1-4H3;14,18H,6-13H2,1-5H3;12,16H,4-11H2,1-3H3;11,14,18H,3-10H2,1-2H3;3H,1-2H3;1H2;1H4;9H,1-8H2. The first-order chi connectivity index (χ1) is 64.1. The highest BCUT2D eigenvalue weighted by molar-refractivity contribution is 9.28. The van der Waals surface area contributed by atoms with Crippen molar-refractivity contribution in [2.45, 2.75) is 271 Å². The van der Waals surface area contributed by atoms with Crippen LogP contribution in [0.25, 0.3) is 22.6 Å². The van der Waals surface area contributed by atoms with Gasteiger partial charge in [0.25, 0.3) is 5.91 Å². The number of benzene rings is 1.